The molecule has 0 aromatic heterocycles. The molecule has 0 bridgehead atoms. The first-order chi connectivity index (χ1) is 5.18. The second kappa shape index (κ2) is 5.11. The number of azide groups is 1. The Bertz CT molecular complexity index is 155. The number of rotatable bonds is 5. The van der Waals surface area contributed by atoms with E-state index in [1.54, 1.807) is 6.55 Å². The summed E-state index contributed by atoms with van der Waals surface area (Å²) in [4.78, 5) is 2.52. The normalized spacial score (nSPS) is 10.8. The van der Waals surface area contributed by atoms with E-state index >= 15 is 0 Å². The Hall–Kier alpha value is -0.593. The number of hydrogen-bond acceptors (Lipinski definition) is 4. The molecule has 0 fully saturated rings. The van der Waals surface area contributed by atoms with Gasteiger partial charge in [0.1, 0.15) is 6.73 Å². The van der Waals surface area contributed by atoms with Crippen molar-refractivity contribution < 1.29 is 13.3 Å². The maximum Gasteiger partial charge on any atom is 0.497 e. The van der Waals surface area contributed by atoms with Crippen LogP contribution in [0.25, 0.3) is 10.4 Å². The van der Waals surface area contributed by atoms with Crippen molar-refractivity contribution in [2.45, 2.75) is 6.55 Å². The highest BCUT2D eigenvalue weighted by Crippen LogP contribution is 2.05. The molecule has 11 heavy (non-hydrogen) atoms. The van der Waals surface area contributed by atoms with Crippen molar-refractivity contribution in [3.8, 4) is 0 Å². The molecule has 0 aromatic rings. The van der Waals surface area contributed by atoms with Crippen molar-refractivity contribution in [1.29, 1.82) is 0 Å². The van der Waals surface area contributed by atoms with Crippen molar-refractivity contribution in [2.75, 3.05) is 21.0 Å². The van der Waals surface area contributed by atoms with Gasteiger partial charge in [-0.05, 0) is 5.53 Å². The maximum atomic E-state index is 7.92. The van der Waals surface area contributed by atoms with Crippen LogP contribution in [0.2, 0.25) is 6.55 Å². The second-order valence-electron chi connectivity index (χ2n) is 1.77. The van der Waals surface area contributed by atoms with Crippen LogP contribution in [0.4, 0.5) is 0 Å². The topological polar surface area (TPSA) is 76.5 Å². The van der Waals surface area contributed by atoms with Crippen molar-refractivity contribution in [2.24, 2.45) is 5.11 Å². The fourth-order valence-electron chi connectivity index (χ4n) is 0.373. The van der Waals surface area contributed by atoms with E-state index in [-0.39, 0.29) is 6.73 Å². The Morgan fingerprint density at radius 1 is 1.45 bits per heavy atom. The zero-order valence-corrected chi connectivity index (χ0v) is 7.77. The minimum atomic E-state index is -2.50. The number of nitrogens with zero attached hydrogens (tertiary/aromatic N) is 3. The molecule has 7 heteroatoms. The molecule has 0 aromatic carbocycles. The smallest absolute Gasteiger partial charge is 0.377 e. The van der Waals surface area contributed by atoms with E-state index < -0.39 is 8.80 Å². The van der Waals surface area contributed by atoms with Crippen LogP contribution >= 0.6 is 0 Å². The molecule has 0 rings (SSSR count). The van der Waals surface area contributed by atoms with Crippen molar-refractivity contribution in [3.05, 3.63) is 10.4 Å². The van der Waals surface area contributed by atoms with Gasteiger partial charge >= 0.3 is 8.80 Å². The molecule has 0 aliphatic heterocycles. The third-order valence-electron chi connectivity index (χ3n) is 1.19. The van der Waals surface area contributed by atoms with Gasteiger partial charge in [0.2, 0.25) is 0 Å². The van der Waals surface area contributed by atoms with Crippen LogP contribution in [-0.4, -0.2) is 29.8 Å². The Labute approximate surface area is 66.1 Å². The molecule has 0 aliphatic rings. The zero-order chi connectivity index (χ0) is 8.74. The molecule has 0 saturated heterocycles. The van der Waals surface area contributed by atoms with Gasteiger partial charge in [-0.2, -0.15) is 0 Å². The highest BCUT2D eigenvalue weighted by atomic mass is 28.4. The Morgan fingerprint density at radius 2 is 2.00 bits per heavy atom. The molecule has 0 unspecified atom stereocenters. The van der Waals surface area contributed by atoms with E-state index in [0.29, 0.717) is 0 Å². The first kappa shape index (κ1) is 10.4. The Kier molecular flexibility index (Phi) is 4.83. The lowest BCUT2D eigenvalue weighted by Gasteiger charge is -2.20. The highest BCUT2D eigenvalue weighted by molar-refractivity contribution is 6.59. The van der Waals surface area contributed by atoms with Crippen molar-refractivity contribution >= 4 is 8.80 Å². The molecule has 0 heterocycles. The molecule has 0 atom stereocenters. The molecule has 0 saturated carbocycles. The van der Waals surface area contributed by atoms with Gasteiger partial charge in [-0.15, -0.1) is 0 Å². The van der Waals surface area contributed by atoms with Gasteiger partial charge in [-0.3, -0.25) is 0 Å². The molecule has 0 aliphatic carbocycles. The predicted molar refractivity (Wildman–Crippen MR) is 40.7 cm³/mol. The SMILES string of the molecule is CO[Si](C)(OC)OCN=[N+]=[N-]. The van der Waals surface area contributed by atoms with Gasteiger partial charge in [0.05, 0.1) is 0 Å². The average Bonchev–Trinajstić information content (AvgIpc) is 2.05. The summed E-state index contributed by atoms with van der Waals surface area (Å²) in [5.74, 6) is 0. The van der Waals surface area contributed by atoms with Crippen molar-refractivity contribution in [1.82, 2.24) is 0 Å². The summed E-state index contributed by atoms with van der Waals surface area (Å²) in [6, 6.07) is 0. The zero-order valence-electron chi connectivity index (χ0n) is 6.77. The highest BCUT2D eigenvalue weighted by Gasteiger charge is 2.31. The molecule has 0 radical (unpaired) electrons. The van der Waals surface area contributed by atoms with Crippen LogP contribution < -0.4 is 0 Å². The lowest BCUT2D eigenvalue weighted by atomic mass is 11.4. The predicted octanol–water partition coefficient (Wildman–Crippen LogP) is 1.13. The van der Waals surface area contributed by atoms with Crippen LogP contribution in [0.5, 0.6) is 0 Å². The first-order valence-electron chi connectivity index (χ1n) is 2.93. The van der Waals surface area contributed by atoms with Crippen LogP contribution in [0.1, 0.15) is 0 Å². The largest absolute Gasteiger partial charge is 0.497 e. The first-order valence-corrected chi connectivity index (χ1v) is 5.16. The van der Waals surface area contributed by atoms with E-state index in [9.17, 15) is 0 Å². The van der Waals surface area contributed by atoms with Gasteiger partial charge in [0, 0.05) is 25.7 Å². The summed E-state index contributed by atoms with van der Waals surface area (Å²) in [5, 5.41) is 3.19. The second-order valence-corrected chi connectivity index (χ2v) is 4.60. The summed E-state index contributed by atoms with van der Waals surface area (Å²) in [7, 11) is 0.484. The van der Waals surface area contributed by atoms with Crippen LogP contribution in [0.15, 0.2) is 5.11 Å². The maximum absolute atomic E-state index is 7.92. The standard InChI is InChI=1S/C4H11N3O3Si/c1-8-11(3,9-2)10-4-6-7-5/h4H2,1-3H3. The fraction of sp³-hybridized carbons (Fsp3) is 1.00. The van der Waals surface area contributed by atoms with Gasteiger partial charge in [0.25, 0.3) is 0 Å². The molecule has 6 nitrogen and oxygen atoms in total. The lowest BCUT2D eigenvalue weighted by Crippen LogP contribution is -2.40. The summed E-state index contributed by atoms with van der Waals surface area (Å²) in [5.41, 5.74) is 7.92. The lowest BCUT2D eigenvalue weighted by molar-refractivity contribution is 0.109. The third-order valence-corrected chi connectivity index (χ3v) is 3.33. The number of hydrogen-bond donors (Lipinski definition) is 0. The quantitative estimate of drug-likeness (QED) is 0.273. The Balaban J connectivity index is 3.77. The van der Waals surface area contributed by atoms with Crippen LogP contribution in [0, 0.1) is 0 Å². The fourth-order valence-corrected chi connectivity index (χ4v) is 1.07. The average molecular weight is 177 g/mol. The molecular weight excluding hydrogens is 166 g/mol. The molecule has 0 spiro atoms. The van der Waals surface area contributed by atoms with Gasteiger partial charge in [-0.1, -0.05) is 5.11 Å². The Morgan fingerprint density at radius 3 is 2.36 bits per heavy atom. The van der Waals surface area contributed by atoms with Crippen molar-refractivity contribution in [3.63, 3.8) is 0 Å². The van der Waals surface area contributed by atoms with Crippen LogP contribution in [-0.2, 0) is 13.3 Å². The van der Waals surface area contributed by atoms with Gasteiger partial charge in [-0.25, -0.2) is 0 Å². The minimum Gasteiger partial charge on any atom is -0.377 e. The van der Waals surface area contributed by atoms with E-state index in [2.05, 4.69) is 10.0 Å². The van der Waals surface area contributed by atoms with E-state index in [1.165, 1.54) is 14.2 Å². The monoisotopic (exact) mass is 177 g/mol. The molecule has 0 amide bonds. The van der Waals surface area contributed by atoms with E-state index in [1.807, 2.05) is 0 Å². The van der Waals surface area contributed by atoms with Crippen LogP contribution in [0.3, 0.4) is 0 Å². The summed E-state index contributed by atoms with van der Waals surface area (Å²) < 4.78 is 14.9. The molecular formula is C4H11N3O3Si. The minimum absolute atomic E-state index is 0.0547. The van der Waals surface area contributed by atoms with E-state index in [4.69, 9.17) is 18.8 Å². The summed E-state index contributed by atoms with van der Waals surface area (Å²) in [6.07, 6.45) is 0. The van der Waals surface area contributed by atoms with E-state index in [0.717, 1.165) is 0 Å². The summed E-state index contributed by atoms with van der Waals surface area (Å²) in [6.45, 7) is 1.65. The van der Waals surface area contributed by atoms with Gasteiger partial charge in [0.15, 0.2) is 0 Å². The summed E-state index contributed by atoms with van der Waals surface area (Å²) >= 11 is 0. The molecule has 0 N–H and O–H groups in total. The third kappa shape index (κ3) is 3.97. The molecule has 64 valence electrons. The van der Waals surface area contributed by atoms with Gasteiger partial charge < -0.3 is 13.3 Å².